The molecule has 36 heavy (non-hydrogen) atoms. The van der Waals surface area contributed by atoms with Gasteiger partial charge in [0.15, 0.2) is 0 Å². The number of nitrogens with zero attached hydrogens (tertiary/aromatic N) is 4. The molecule has 2 N–H and O–H groups in total. The van der Waals surface area contributed by atoms with Gasteiger partial charge in [-0.1, -0.05) is 22.7 Å². The van der Waals surface area contributed by atoms with Crippen molar-refractivity contribution in [2.24, 2.45) is 0 Å². The fourth-order valence-electron chi connectivity index (χ4n) is 2.98. The van der Waals surface area contributed by atoms with Crippen LogP contribution in [0.25, 0.3) is 0 Å². The monoisotopic (exact) mass is 540 g/mol. The molecule has 0 aromatic carbocycles. The van der Waals surface area contributed by atoms with E-state index >= 15 is 0 Å². The lowest BCUT2D eigenvalue weighted by Gasteiger charge is -2.02. The Hall–Kier alpha value is -3.00. The molecule has 0 radical (unpaired) electrons. The zero-order valence-corrected chi connectivity index (χ0v) is 22.2. The van der Waals surface area contributed by atoms with Crippen LogP contribution in [-0.4, -0.2) is 57.4 Å². The maximum atomic E-state index is 12.0. The summed E-state index contributed by atoms with van der Waals surface area (Å²) in [6, 6.07) is 0. The predicted molar refractivity (Wildman–Crippen MR) is 135 cm³/mol. The van der Waals surface area contributed by atoms with E-state index in [1.165, 1.54) is 22.7 Å². The predicted octanol–water partition coefficient (Wildman–Crippen LogP) is 3.30. The second kappa shape index (κ2) is 16.6. The Morgan fingerprint density at radius 3 is 1.44 bits per heavy atom. The molecule has 2 rings (SSSR count). The molecule has 0 fully saturated rings. The second-order valence-electron chi connectivity index (χ2n) is 7.62. The molecule has 198 valence electrons. The molecule has 12 nitrogen and oxygen atoms in total. The third-order valence-electron chi connectivity index (χ3n) is 4.64. The van der Waals surface area contributed by atoms with E-state index in [9.17, 15) is 19.2 Å². The van der Waals surface area contributed by atoms with E-state index in [2.05, 4.69) is 31.0 Å². The average Bonchev–Trinajstić information content (AvgIpc) is 3.46. The lowest BCUT2D eigenvalue weighted by atomic mass is 10.2. The van der Waals surface area contributed by atoms with Crippen molar-refractivity contribution < 1.29 is 28.7 Å². The van der Waals surface area contributed by atoms with Crippen molar-refractivity contribution >= 4 is 56.7 Å². The molecule has 0 aliphatic carbocycles. The molecule has 0 aliphatic rings. The molecular weight excluding hydrogens is 508 g/mol. The normalized spacial score (nSPS) is 10.6. The minimum absolute atomic E-state index is 0.208. The number of aryl methyl sites for hydroxylation is 2. The first kappa shape index (κ1) is 29.2. The summed E-state index contributed by atoms with van der Waals surface area (Å²) in [6.07, 6.45) is 4.85. The second-order valence-corrected chi connectivity index (χ2v) is 9.75. The van der Waals surface area contributed by atoms with E-state index in [1.54, 1.807) is 13.8 Å². The highest BCUT2D eigenvalue weighted by Gasteiger charge is 2.12. The number of ether oxygens (including phenoxy) is 2. The Balaban J connectivity index is 1.60. The van der Waals surface area contributed by atoms with E-state index < -0.39 is 0 Å². The number of carbonyl (C=O) groups excluding carboxylic acids is 4. The van der Waals surface area contributed by atoms with Crippen molar-refractivity contribution in [1.29, 1.82) is 0 Å². The third-order valence-corrected chi connectivity index (χ3v) is 6.43. The van der Waals surface area contributed by atoms with Gasteiger partial charge in [-0.25, -0.2) is 0 Å². The summed E-state index contributed by atoms with van der Waals surface area (Å²) < 4.78 is 9.67. The lowest BCUT2D eigenvalue weighted by Crippen LogP contribution is -2.12. The van der Waals surface area contributed by atoms with Crippen LogP contribution in [0.2, 0.25) is 0 Å². The van der Waals surface area contributed by atoms with Crippen LogP contribution in [0.15, 0.2) is 0 Å². The number of rotatable bonds is 17. The number of unbranched alkanes of at least 4 members (excludes halogenated alkanes) is 1. The molecule has 2 heterocycles. The van der Waals surface area contributed by atoms with Gasteiger partial charge in [-0.15, -0.1) is 20.4 Å². The topological polar surface area (TPSA) is 162 Å². The molecule has 2 aromatic rings. The number of amides is 2. The molecule has 0 aliphatic heterocycles. The maximum absolute atomic E-state index is 12.0. The third kappa shape index (κ3) is 12.1. The van der Waals surface area contributed by atoms with Gasteiger partial charge in [0.05, 0.1) is 13.2 Å². The number of nitrogens with one attached hydrogen (secondary N) is 2. The van der Waals surface area contributed by atoms with Gasteiger partial charge in [0.25, 0.3) is 0 Å². The molecule has 14 heteroatoms. The Morgan fingerprint density at radius 2 is 1.06 bits per heavy atom. The van der Waals surface area contributed by atoms with Gasteiger partial charge in [0, 0.05) is 38.5 Å². The Kier molecular flexibility index (Phi) is 13.5. The van der Waals surface area contributed by atoms with Crippen LogP contribution < -0.4 is 10.6 Å². The summed E-state index contributed by atoms with van der Waals surface area (Å²) in [4.78, 5) is 46.5. The number of anilines is 2. The van der Waals surface area contributed by atoms with E-state index in [4.69, 9.17) is 9.47 Å². The summed E-state index contributed by atoms with van der Waals surface area (Å²) >= 11 is 2.66. The molecule has 0 unspecified atom stereocenters. The Morgan fingerprint density at radius 1 is 0.639 bits per heavy atom. The molecule has 0 spiro atoms. The Labute approximate surface area is 217 Å². The number of hydrogen-bond acceptors (Lipinski definition) is 12. The zero-order chi connectivity index (χ0) is 26.2. The molecule has 2 aromatic heterocycles. The first-order valence-electron chi connectivity index (χ1n) is 11.9. The van der Waals surface area contributed by atoms with Crippen molar-refractivity contribution in [2.75, 3.05) is 23.8 Å². The molecule has 0 saturated carbocycles. The van der Waals surface area contributed by atoms with Crippen LogP contribution in [0.3, 0.4) is 0 Å². The summed E-state index contributed by atoms with van der Waals surface area (Å²) in [6.45, 7) is 4.15. The van der Waals surface area contributed by atoms with Gasteiger partial charge in [0.2, 0.25) is 22.1 Å². The highest BCUT2D eigenvalue weighted by molar-refractivity contribution is 7.15. The van der Waals surface area contributed by atoms with Gasteiger partial charge < -0.3 is 20.1 Å². The Bertz CT molecular complexity index is 917. The largest absolute Gasteiger partial charge is 0.466 e. The minimum Gasteiger partial charge on any atom is -0.466 e. The van der Waals surface area contributed by atoms with Gasteiger partial charge in [-0.05, 0) is 39.5 Å². The first-order chi connectivity index (χ1) is 17.4. The van der Waals surface area contributed by atoms with Crippen molar-refractivity contribution in [3.63, 3.8) is 0 Å². The fraction of sp³-hybridized carbons (Fsp3) is 0.636. The van der Waals surface area contributed by atoms with Crippen LogP contribution in [0, 0.1) is 0 Å². The van der Waals surface area contributed by atoms with Crippen molar-refractivity contribution in [3.05, 3.63) is 10.0 Å². The van der Waals surface area contributed by atoms with Crippen LogP contribution >= 0.6 is 22.7 Å². The molecule has 0 bridgehead atoms. The van der Waals surface area contributed by atoms with Crippen LogP contribution in [0.5, 0.6) is 0 Å². The maximum Gasteiger partial charge on any atom is 0.305 e. The first-order valence-corrected chi connectivity index (χ1v) is 13.6. The van der Waals surface area contributed by atoms with Gasteiger partial charge in [0.1, 0.15) is 10.0 Å². The van der Waals surface area contributed by atoms with E-state index in [0.717, 1.165) is 35.7 Å². The molecule has 0 atom stereocenters. The minimum atomic E-state index is -0.305. The van der Waals surface area contributed by atoms with Crippen molar-refractivity contribution in [2.45, 2.75) is 78.1 Å². The zero-order valence-electron chi connectivity index (χ0n) is 20.5. The van der Waals surface area contributed by atoms with Crippen LogP contribution in [-0.2, 0) is 41.5 Å². The number of hydrogen-bond donors (Lipinski definition) is 2. The standard InChI is InChI=1S/C22H32N6O6S2/c1-3-33-19(31)13-7-9-15(29)23-21-27-25-17(35-21)11-5-6-12-18-26-28-22(36-18)24-16(30)10-8-14-20(32)34-4-2/h3-14H2,1-2H3,(H,23,27,29)(H,24,28,30). The van der Waals surface area contributed by atoms with E-state index in [0.29, 0.717) is 36.3 Å². The summed E-state index contributed by atoms with van der Waals surface area (Å²) in [7, 11) is 0. The highest BCUT2D eigenvalue weighted by Crippen LogP contribution is 2.20. The van der Waals surface area contributed by atoms with E-state index in [-0.39, 0.29) is 49.4 Å². The average molecular weight is 541 g/mol. The number of carbonyl (C=O) groups is 4. The van der Waals surface area contributed by atoms with E-state index in [1.807, 2.05) is 0 Å². The highest BCUT2D eigenvalue weighted by atomic mass is 32.1. The SMILES string of the molecule is CCOC(=O)CCCC(=O)Nc1nnc(CCCCc2nnc(NC(=O)CCCC(=O)OCC)s2)s1. The lowest BCUT2D eigenvalue weighted by molar-refractivity contribution is -0.144. The van der Waals surface area contributed by atoms with Gasteiger partial charge in [-0.3, -0.25) is 19.2 Å². The number of esters is 2. The van der Waals surface area contributed by atoms with Crippen molar-refractivity contribution in [3.8, 4) is 0 Å². The van der Waals surface area contributed by atoms with Gasteiger partial charge >= 0.3 is 11.9 Å². The summed E-state index contributed by atoms with van der Waals surface area (Å²) in [5, 5.41) is 24.1. The molecule has 2 amide bonds. The molecular formula is C22H32N6O6S2. The molecule has 0 saturated heterocycles. The fourth-order valence-corrected chi connectivity index (χ4v) is 4.57. The van der Waals surface area contributed by atoms with Crippen LogP contribution in [0.4, 0.5) is 10.3 Å². The quantitative estimate of drug-likeness (QED) is 0.225. The summed E-state index contributed by atoms with van der Waals surface area (Å²) in [5.41, 5.74) is 0. The van der Waals surface area contributed by atoms with Gasteiger partial charge in [-0.2, -0.15) is 0 Å². The van der Waals surface area contributed by atoms with Crippen molar-refractivity contribution in [1.82, 2.24) is 20.4 Å². The van der Waals surface area contributed by atoms with Crippen LogP contribution in [0.1, 0.15) is 75.2 Å². The number of aromatic nitrogens is 4. The summed E-state index contributed by atoms with van der Waals surface area (Å²) in [5.74, 6) is -1.03. The smallest absolute Gasteiger partial charge is 0.305 e.